The summed E-state index contributed by atoms with van der Waals surface area (Å²) < 4.78 is 0. The van der Waals surface area contributed by atoms with Crippen molar-refractivity contribution >= 4 is 11.3 Å². The molecule has 0 aromatic carbocycles. The summed E-state index contributed by atoms with van der Waals surface area (Å²) in [5, 5.41) is 9.51. The second kappa shape index (κ2) is 2.92. The average Bonchev–Trinajstić information content (AvgIpc) is 2.58. The van der Waals surface area contributed by atoms with E-state index < -0.39 is 0 Å². The van der Waals surface area contributed by atoms with Gasteiger partial charge in [-0.25, -0.2) is 4.98 Å². The van der Waals surface area contributed by atoms with Crippen LogP contribution in [0, 0.1) is 0 Å². The zero-order valence-corrected chi connectivity index (χ0v) is 6.77. The molecule has 0 saturated heterocycles. The lowest BCUT2D eigenvalue weighted by Gasteiger charge is -2.18. The first-order chi connectivity index (χ1) is 5.47. The number of aromatic nitrogens is 1. The lowest BCUT2D eigenvalue weighted by Crippen LogP contribution is -2.30. The molecule has 0 spiro atoms. The quantitative estimate of drug-likeness (QED) is 0.651. The Balaban J connectivity index is 2.11. The van der Waals surface area contributed by atoms with E-state index in [9.17, 15) is 0 Å². The minimum absolute atomic E-state index is 0.347. The van der Waals surface area contributed by atoms with Crippen molar-refractivity contribution in [1.29, 1.82) is 0 Å². The van der Waals surface area contributed by atoms with Crippen LogP contribution in [0.15, 0.2) is 24.0 Å². The van der Waals surface area contributed by atoms with Gasteiger partial charge in [-0.1, -0.05) is 0 Å². The molecule has 0 bridgehead atoms. The van der Waals surface area contributed by atoms with Crippen LogP contribution >= 0.6 is 11.3 Å². The van der Waals surface area contributed by atoms with Crippen LogP contribution in [0.1, 0.15) is 11.0 Å². The van der Waals surface area contributed by atoms with E-state index >= 15 is 0 Å². The maximum atomic E-state index is 4.22. The molecule has 1 unspecified atom stereocenters. The van der Waals surface area contributed by atoms with Crippen molar-refractivity contribution in [2.24, 2.45) is 0 Å². The Morgan fingerprint density at radius 1 is 1.55 bits per heavy atom. The third kappa shape index (κ3) is 1.35. The molecule has 1 aromatic rings. The molecule has 1 aliphatic heterocycles. The molecular formula is C7H9N3S. The first-order valence-corrected chi connectivity index (χ1v) is 4.38. The molecule has 0 saturated carbocycles. The predicted octanol–water partition coefficient (Wildman–Crippen LogP) is 0.848. The number of thiazole rings is 1. The molecule has 1 aromatic heterocycles. The monoisotopic (exact) mass is 167 g/mol. The topological polar surface area (TPSA) is 37.0 Å². The fourth-order valence-corrected chi connectivity index (χ4v) is 1.73. The smallest absolute Gasteiger partial charge is 0.117 e. The van der Waals surface area contributed by atoms with Crippen LogP contribution in [0.2, 0.25) is 0 Å². The van der Waals surface area contributed by atoms with Crippen molar-refractivity contribution < 1.29 is 0 Å². The Morgan fingerprint density at radius 2 is 2.55 bits per heavy atom. The normalized spacial score (nSPS) is 22.4. The Labute approximate surface area is 69.2 Å². The van der Waals surface area contributed by atoms with Crippen LogP contribution in [-0.4, -0.2) is 11.5 Å². The maximum Gasteiger partial charge on any atom is 0.117 e. The molecule has 0 fully saturated rings. The van der Waals surface area contributed by atoms with Crippen molar-refractivity contribution in [2.45, 2.75) is 6.04 Å². The van der Waals surface area contributed by atoms with E-state index in [4.69, 9.17) is 0 Å². The van der Waals surface area contributed by atoms with Crippen LogP contribution in [0.3, 0.4) is 0 Å². The second-order valence-electron chi connectivity index (χ2n) is 2.33. The summed E-state index contributed by atoms with van der Waals surface area (Å²) >= 11 is 1.68. The van der Waals surface area contributed by atoms with E-state index in [-0.39, 0.29) is 0 Å². The molecule has 1 atom stereocenters. The standard InChI is InChI=1S/C7H9N3S/c1-2-9-6(5-8-1)7-10-3-4-11-7/h1-4,6,8-9H,5H2. The minimum Gasteiger partial charge on any atom is -0.387 e. The van der Waals surface area contributed by atoms with Crippen molar-refractivity contribution in [3.8, 4) is 0 Å². The van der Waals surface area contributed by atoms with E-state index in [1.165, 1.54) is 0 Å². The van der Waals surface area contributed by atoms with Crippen LogP contribution < -0.4 is 10.6 Å². The molecule has 0 amide bonds. The van der Waals surface area contributed by atoms with Crippen molar-refractivity contribution in [2.75, 3.05) is 6.54 Å². The van der Waals surface area contributed by atoms with Crippen LogP contribution in [0.5, 0.6) is 0 Å². The van der Waals surface area contributed by atoms with E-state index in [1.807, 2.05) is 24.0 Å². The molecule has 2 N–H and O–H groups in total. The SMILES string of the molecule is C1=CNC(c2nccs2)CN1. The van der Waals surface area contributed by atoms with Crippen LogP contribution in [0.4, 0.5) is 0 Å². The van der Waals surface area contributed by atoms with Crippen LogP contribution in [-0.2, 0) is 0 Å². The van der Waals surface area contributed by atoms with Gasteiger partial charge in [-0.2, -0.15) is 0 Å². The summed E-state index contributed by atoms with van der Waals surface area (Å²) in [6.07, 6.45) is 5.65. The molecule has 0 radical (unpaired) electrons. The Hall–Kier alpha value is -1.03. The summed E-state index contributed by atoms with van der Waals surface area (Å²) in [5.41, 5.74) is 0. The molecule has 3 nitrogen and oxygen atoms in total. The molecule has 0 aliphatic carbocycles. The van der Waals surface area contributed by atoms with Gasteiger partial charge in [-0.3, -0.25) is 0 Å². The fraction of sp³-hybridized carbons (Fsp3) is 0.286. The Bertz CT molecular complexity index is 242. The highest BCUT2D eigenvalue weighted by molar-refractivity contribution is 7.09. The van der Waals surface area contributed by atoms with Gasteiger partial charge < -0.3 is 10.6 Å². The number of rotatable bonds is 1. The third-order valence-electron chi connectivity index (χ3n) is 1.57. The van der Waals surface area contributed by atoms with Crippen LogP contribution in [0.25, 0.3) is 0 Å². The zero-order chi connectivity index (χ0) is 7.52. The van der Waals surface area contributed by atoms with E-state index in [0.717, 1.165) is 11.6 Å². The highest BCUT2D eigenvalue weighted by Gasteiger charge is 2.12. The van der Waals surface area contributed by atoms with Gasteiger partial charge in [-0.05, 0) is 0 Å². The van der Waals surface area contributed by atoms with E-state index in [0.29, 0.717) is 6.04 Å². The van der Waals surface area contributed by atoms with Crippen molar-refractivity contribution in [3.63, 3.8) is 0 Å². The molecule has 1 aliphatic rings. The first kappa shape index (κ1) is 6.67. The van der Waals surface area contributed by atoms with Gasteiger partial charge in [0.05, 0.1) is 6.04 Å². The summed E-state index contributed by atoms with van der Waals surface area (Å²) in [4.78, 5) is 4.22. The second-order valence-corrected chi connectivity index (χ2v) is 3.26. The number of nitrogens with zero attached hydrogens (tertiary/aromatic N) is 1. The number of hydrogen-bond acceptors (Lipinski definition) is 4. The predicted molar refractivity (Wildman–Crippen MR) is 45.1 cm³/mol. The maximum absolute atomic E-state index is 4.22. The zero-order valence-electron chi connectivity index (χ0n) is 5.95. The van der Waals surface area contributed by atoms with Gasteiger partial charge in [0.1, 0.15) is 5.01 Å². The summed E-state index contributed by atoms with van der Waals surface area (Å²) in [7, 11) is 0. The molecular weight excluding hydrogens is 158 g/mol. The molecule has 2 rings (SSSR count). The van der Waals surface area contributed by atoms with E-state index in [2.05, 4.69) is 15.6 Å². The van der Waals surface area contributed by atoms with Gasteiger partial charge in [0.25, 0.3) is 0 Å². The Morgan fingerprint density at radius 3 is 3.18 bits per heavy atom. The minimum atomic E-state index is 0.347. The summed E-state index contributed by atoms with van der Waals surface area (Å²) in [6, 6.07) is 0.347. The average molecular weight is 167 g/mol. The van der Waals surface area contributed by atoms with Gasteiger partial charge in [0.2, 0.25) is 0 Å². The summed E-state index contributed by atoms with van der Waals surface area (Å²) in [6.45, 7) is 0.921. The molecule has 4 heteroatoms. The van der Waals surface area contributed by atoms with Gasteiger partial charge in [-0.15, -0.1) is 11.3 Å². The summed E-state index contributed by atoms with van der Waals surface area (Å²) in [5.74, 6) is 0. The molecule has 58 valence electrons. The lowest BCUT2D eigenvalue weighted by molar-refractivity contribution is 0.560. The number of hydrogen-bond donors (Lipinski definition) is 2. The highest BCUT2D eigenvalue weighted by Crippen LogP contribution is 2.15. The van der Waals surface area contributed by atoms with Gasteiger partial charge in [0, 0.05) is 30.5 Å². The van der Waals surface area contributed by atoms with Gasteiger partial charge >= 0.3 is 0 Å². The molecule has 11 heavy (non-hydrogen) atoms. The van der Waals surface area contributed by atoms with Gasteiger partial charge in [0.15, 0.2) is 0 Å². The third-order valence-corrected chi connectivity index (χ3v) is 2.46. The fourth-order valence-electron chi connectivity index (χ4n) is 1.03. The van der Waals surface area contributed by atoms with Crippen molar-refractivity contribution in [3.05, 3.63) is 29.0 Å². The largest absolute Gasteiger partial charge is 0.387 e. The lowest BCUT2D eigenvalue weighted by atomic mass is 10.3. The van der Waals surface area contributed by atoms with E-state index in [1.54, 1.807) is 11.3 Å². The molecule has 2 heterocycles. The number of nitrogens with one attached hydrogen (secondary N) is 2. The highest BCUT2D eigenvalue weighted by atomic mass is 32.1. The first-order valence-electron chi connectivity index (χ1n) is 3.50. The Kier molecular flexibility index (Phi) is 1.77. The van der Waals surface area contributed by atoms with Crippen molar-refractivity contribution in [1.82, 2.24) is 15.6 Å².